The molecular formula is C21H18BF4N5OS. The fourth-order valence-corrected chi connectivity index (χ4v) is 4.46. The molecule has 0 atom stereocenters. The maximum absolute atomic E-state index is 14.9. The first kappa shape index (κ1) is 23.1. The zero-order chi connectivity index (χ0) is 23.4. The van der Waals surface area contributed by atoms with Crippen LogP contribution >= 0.6 is 12.1 Å². The molecule has 1 aromatic heterocycles. The van der Waals surface area contributed by atoms with Gasteiger partial charge in [0.2, 0.25) is 5.89 Å². The van der Waals surface area contributed by atoms with Crippen molar-refractivity contribution in [3.05, 3.63) is 65.6 Å². The van der Waals surface area contributed by atoms with Crippen LogP contribution in [0.4, 0.5) is 23.2 Å². The Labute approximate surface area is 192 Å². The Morgan fingerprint density at radius 3 is 2.58 bits per heavy atom. The van der Waals surface area contributed by atoms with Gasteiger partial charge in [-0.05, 0) is 43.0 Å². The summed E-state index contributed by atoms with van der Waals surface area (Å²) in [7, 11) is 0. The van der Waals surface area contributed by atoms with E-state index in [2.05, 4.69) is 20.5 Å². The monoisotopic (exact) mass is 475 g/mol. The standard InChI is InChI=1S/C21H18BF4N5OS/c23-16-2-1-3-17(11-16)31(33-30-8-6-22(13-27)7-9-30)12-15-5-4-14(10-18(15)24)20-28-29-21(32-20)19(25)26/h1-5,10-11,19H,6-9,12H2. The van der Waals surface area contributed by atoms with Crippen molar-refractivity contribution in [3.8, 4) is 17.4 Å². The first-order valence-corrected chi connectivity index (χ1v) is 10.9. The Bertz CT molecular complexity index is 1150. The van der Waals surface area contributed by atoms with Gasteiger partial charge in [0.25, 0.3) is 12.6 Å². The number of hydrogen-bond acceptors (Lipinski definition) is 7. The fourth-order valence-electron chi connectivity index (χ4n) is 3.41. The van der Waals surface area contributed by atoms with Crippen LogP contribution in [0.25, 0.3) is 11.5 Å². The first-order chi connectivity index (χ1) is 15.9. The van der Waals surface area contributed by atoms with Gasteiger partial charge < -0.3 is 4.42 Å². The van der Waals surface area contributed by atoms with E-state index in [9.17, 15) is 17.6 Å². The van der Waals surface area contributed by atoms with E-state index in [0.29, 0.717) is 24.3 Å². The molecule has 0 saturated carbocycles. The van der Waals surface area contributed by atoms with Crippen LogP contribution in [-0.2, 0) is 6.54 Å². The third-order valence-electron chi connectivity index (χ3n) is 5.19. The van der Waals surface area contributed by atoms with Crippen molar-refractivity contribution in [1.82, 2.24) is 14.5 Å². The first-order valence-electron chi connectivity index (χ1n) is 10.2. The van der Waals surface area contributed by atoms with Gasteiger partial charge in [-0.25, -0.2) is 18.3 Å². The number of nitrogens with zero attached hydrogens (tertiary/aromatic N) is 5. The highest BCUT2D eigenvalue weighted by atomic mass is 32.2. The lowest BCUT2D eigenvalue weighted by Crippen LogP contribution is -2.35. The van der Waals surface area contributed by atoms with Crippen LogP contribution in [-0.4, -0.2) is 34.3 Å². The van der Waals surface area contributed by atoms with Crippen LogP contribution in [0.1, 0.15) is 17.9 Å². The lowest BCUT2D eigenvalue weighted by molar-refractivity contribution is 0.116. The van der Waals surface area contributed by atoms with E-state index in [0.717, 1.165) is 18.7 Å². The molecule has 0 aliphatic carbocycles. The number of aromatic nitrogens is 2. The number of halogens is 4. The van der Waals surface area contributed by atoms with Gasteiger partial charge in [-0.2, -0.15) is 8.78 Å². The molecule has 4 rings (SSSR count). The third kappa shape index (κ3) is 5.67. The molecule has 0 radical (unpaired) electrons. The molecule has 0 spiro atoms. The van der Waals surface area contributed by atoms with Gasteiger partial charge in [0.1, 0.15) is 11.6 Å². The molecule has 1 saturated heterocycles. The predicted molar refractivity (Wildman–Crippen MR) is 117 cm³/mol. The van der Waals surface area contributed by atoms with Crippen molar-refractivity contribution in [3.63, 3.8) is 0 Å². The summed E-state index contributed by atoms with van der Waals surface area (Å²) in [6.45, 7) is 1.49. The van der Waals surface area contributed by atoms with Crippen molar-refractivity contribution >= 4 is 24.5 Å². The van der Waals surface area contributed by atoms with Crippen molar-refractivity contribution in [1.29, 1.82) is 5.26 Å². The molecular weight excluding hydrogens is 457 g/mol. The summed E-state index contributed by atoms with van der Waals surface area (Å²) in [6.07, 6.45) is -1.45. The van der Waals surface area contributed by atoms with E-state index in [1.54, 1.807) is 16.4 Å². The largest absolute Gasteiger partial charge is 0.415 e. The SMILES string of the molecule is N#CB1CCN(SN(Cc2ccc(-c3nnc(C(F)F)o3)cc2F)c2cccc(F)c2)CC1. The molecule has 2 aromatic carbocycles. The molecule has 2 heterocycles. The maximum atomic E-state index is 14.9. The summed E-state index contributed by atoms with van der Waals surface area (Å²) in [5.41, 5.74) is 1.06. The number of benzene rings is 2. The predicted octanol–water partition coefficient (Wildman–Crippen LogP) is 5.40. The highest BCUT2D eigenvalue weighted by Crippen LogP contribution is 2.32. The topological polar surface area (TPSA) is 69.2 Å². The minimum absolute atomic E-state index is 0.0183. The van der Waals surface area contributed by atoms with E-state index in [-0.39, 0.29) is 24.7 Å². The third-order valence-corrected chi connectivity index (χ3v) is 6.32. The fraction of sp³-hybridized carbons (Fsp3) is 0.286. The number of rotatable bonds is 7. The van der Waals surface area contributed by atoms with Gasteiger partial charge in [0.15, 0.2) is 0 Å². The molecule has 0 bridgehead atoms. The summed E-state index contributed by atoms with van der Waals surface area (Å²) in [5, 5.41) is 15.9. The van der Waals surface area contributed by atoms with Crippen LogP contribution in [0.5, 0.6) is 0 Å². The van der Waals surface area contributed by atoms with Gasteiger partial charge in [-0.3, -0.25) is 4.31 Å². The van der Waals surface area contributed by atoms with Crippen LogP contribution in [0.2, 0.25) is 12.6 Å². The summed E-state index contributed by atoms with van der Waals surface area (Å²) in [6, 6.07) is 10.2. The molecule has 1 aliphatic rings. The quantitative estimate of drug-likeness (QED) is 0.258. The van der Waals surface area contributed by atoms with Crippen LogP contribution in [0, 0.1) is 22.9 Å². The van der Waals surface area contributed by atoms with Gasteiger partial charge in [-0.1, -0.05) is 12.1 Å². The minimum atomic E-state index is -2.91. The Hall–Kier alpha value is -3.04. The highest BCUT2D eigenvalue weighted by Gasteiger charge is 2.25. The molecule has 6 nitrogen and oxygen atoms in total. The molecule has 33 heavy (non-hydrogen) atoms. The second-order valence-electron chi connectivity index (χ2n) is 7.48. The number of hydrogen-bond donors (Lipinski definition) is 0. The molecule has 170 valence electrons. The second-order valence-corrected chi connectivity index (χ2v) is 8.60. The van der Waals surface area contributed by atoms with Crippen molar-refractivity contribution in [2.24, 2.45) is 0 Å². The second kappa shape index (κ2) is 10.3. The van der Waals surface area contributed by atoms with E-state index >= 15 is 0 Å². The molecule has 0 N–H and O–H groups in total. The van der Waals surface area contributed by atoms with Crippen molar-refractivity contribution in [2.75, 3.05) is 17.4 Å². The molecule has 0 amide bonds. The average Bonchev–Trinajstić information content (AvgIpc) is 3.31. The van der Waals surface area contributed by atoms with Crippen LogP contribution < -0.4 is 4.31 Å². The van der Waals surface area contributed by atoms with Gasteiger partial charge in [0.05, 0.1) is 12.2 Å². The Kier molecular flexibility index (Phi) is 7.20. The summed E-state index contributed by atoms with van der Waals surface area (Å²) < 4.78 is 62.9. The van der Waals surface area contributed by atoms with E-state index in [1.165, 1.54) is 36.4 Å². The van der Waals surface area contributed by atoms with Gasteiger partial charge >= 0.3 is 6.43 Å². The average molecular weight is 475 g/mol. The van der Waals surface area contributed by atoms with Crippen molar-refractivity contribution < 1.29 is 22.0 Å². The zero-order valence-electron chi connectivity index (χ0n) is 17.3. The maximum Gasteiger partial charge on any atom is 0.314 e. The summed E-state index contributed by atoms with van der Waals surface area (Å²) >= 11 is 1.35. The van der Waals surface area contributed by atoms with Crippen molar-refractivity contribution in [2.45, 2.75) is 25.6 Å². The molecule has 1 fully saturated rings. The molecule has 3 aromatic rings. The van der Waals surface area contributed by atoms with E-state index < -0.39 is 24.0 Å². The summed E-state index contributed by atoms with van der Waals surface area (Å²) in [5.74, 6) is 0.249. The Morgan fingerprint density at radius 1 is 1.15 bits per heavy atom. The number of nitriles is 1. The Morgan fingerprint density at radius 2 is 1.94 bits per heavy atom. The van der Waals surface area contributed by atoms with E-state index in [1.807, 2.05) is 0 Å². The lowest BCUT2D eigenvalue weighted by atomic mass is 9.45. The molecule has 1 aliphatic heterocycles. The smallest absolute Gasteiger partial charge is 0.314 e. The van der Waals surface area contributed by atoms with E-state index in [4.69, 9.17) is 9.68 Å². The minimum Gasteiger partial charge on any atom is -0.415 e. The molecule has 12 heteroatoms. The molecule has 0 unspecified atom stereocenters. The van der Waals surface area contributed by atoms with Gasteiger partial charge in [0, 0.05) is 42.3 Å². The van der Waals surface area contributed by atoms with Gasteiger partial charge in [-0.15, -0.1) is 10.2 Å². The zero-order valence-corrected chi connectivity index (χ0v) is 18.1. The number of anilines is 1. The van der Waals surface area contributed by atoms with Crippen LogP contribution in [0.3, 0.4) is 0 Å². The lowest BCUT2D eigenvalue weighted by Gasteiger charge is -2.33. The number of alkyl halides is 2. The normalized spacial score (nSPS) is 14.5. The van der Waals surface area contributed by atoms with Crippen LogP contribution in [0.15, 0.2) is 46.9 Å². The Balaban J connectivity index is 1.54. The highest BCUT2D eigenvalue weighted by molar-refractivity contribution is 7.98. The summed E-state index contributed by atoms with van der Waals surface area (Å²) in [4.78, 5) is 0.